The number of unbranched alkanes of at least 4 members (excludes halogenated alkanes) is 100. The van der Waals surface area contributed by atoms with Crippen LogP contribution in [0.4, 0.5) is 13.2 Å². The Hall–Kier alpha value is -0.740. The van der Waals surface area contributed by atoms with Gasteiger partial charge in [0.25, 0.3) is 0 Å². The predicted octanol–water partition coefficient (Wildman–Crippen LogP) is 42.8. The summed E-state index contributed by atoms with van der Waals surface area (Å²) in [5, 5.41) is 0. The molecule has 0 heterocycles. The van der Waals surface area contributed by atoms with Crippen LogP contribution in [-0.4, -0.2) is 18.8 Å². The van der Waals surface area contributed by atoms with Gasteiger partial charge in [-0.15, -0.1) is 0 Å². The molecular formula is C114H221F3O2. The Morgan fingerprint density at radius 2 is 0.345 bits per heavy atom. The number of alkyl halides is 3. The van der Waals surface area contributed by atoms with Crippen molar-refractivity contribution < 1.29 is 22.7 Å². The van der Waals surface area contributed by atoms with Crippen molar-refractivity contribution >= 4 is 5.97 Å². The van der Waals surface area contributed by atoms with Gasteiger partial charge < -0.3 is 4.74 Å². The van der Waals surface area contributed by atoms with Crippen molar-refractivity contribution in [3.63, 3.8) is 0 Å². The van der Waals surface area contributed by atoms with Crippen LogP contribution in [0.2, 0.25) is 0 Å². The molecular weight excluding hydrogens is 1460 g/mol. The molecule has 710 valence electrons. The zero-order chi connectivity index (χ0) is 85.1. The summed E-state index contributed by atoms with van der Waals surface area (Å²) in [5.74, 6) is -1.47. The molecule has 2 aliphatic rings. The molecule has 0 aliphatic heterocycles. The largest absolute Gasteiger partial charge is 0.465 e. The fraction of sp³-hybridized carbons (Fsp3) is 0.991. The number of carbonyl (C=O) groups excluding carboxylic acids is 1. The van der Waals surface area contributed by atoms with E-state index in [0.29, 0.717) is 12.8 Å². The quantitative estimate of drug-likeness (QED) is 0.0448. The molecule has 0 saturated heterocycles. The van der Waals surface area contributed by atoms with Crippen LogP contribution in [0.5, 0.6) is 0 Å². The molecule has 2 bridgehead atoms. The zero-order valence-electron chi connectivity index (χ0n) is 82.3. The van der Waals surface area contributed by atoms with Crippen LogP contribution in [0.15, 0.2) is 0 Å². The molecule has 0 spiro atoms. The second kappa shape index (κ2) is 92.0. The highest BCUT2D eigenvalue weighted by Crippen LogP contribution is 2.66. The van der Waals surface area contributed by atoms with Gasteiger partial charge in [-0.25, -0.2) is 0 Å². The van der Waals surface area contributed by atoms with E-state index in [2.05, 4.69) is 6.92 Å². The van der Waals surface area contributed by atoms with E-state index >= 15 is 0 Å². The van der Waals surface area contributed by atoms with Crippen molar-refractivity contribution in [2.24, 2.45) is 29.1 Å². The number of ether oxygens (including phenoxy) is 1. The Balaban J connectivity index is 1.09. The number of hydrogen-bond donors (Lipinski definition) is 0. The Morgan fingerprint density at radius 1 is 0.218 bits per heavy atom. The molecule has 0 aromatic heterocycles. The lowest BCUT2D eigenvalue weighted by molar-refractivity contribution is -0.254. The molecule has 2 aliphatic carbocycles. The van der Waals surface area contributed by atoms with Gasteiger partial charge in [-0.05, 0) is 42.9 Å². The SMILES string of the molecule is CCCCCCCCCCCCCCCCCCCCCCCCCCCCCCCCCCCCCCCCCCCCCCCCCCCCCCCCCCCCCCCCCCCCCCCCCCCCCCCCCCCCCCCCCCCCCCCCCCCCCCCOC(=O)C1(C(F)(F)F)CC2CC1C(C)C2C. The molecule has 2 fully saturated rings. The fourth-order valence-electron chi connectivity index (χ4n) is 21.7. The van der Waals surface area contributed by atoms with E-state index in [0.717, 1.165) is 12.8 Å². The summed E-state index contributed by atoms with van der Waals surface area (Å²) in [6, 6.07) is 0. The van der Waals surface area contributed by atoms with E-state index < -0.39 is 23.5 Å². The van der Waals surface area contributed by atoms with Gasteiger partial charge in [0.15, 0.2) is 5.41 Å². The molecule has 0 N–H and O–H groups in total. The van der Waals surface area contributed by atoms with E-state index in [-0.39, 0.29) is 30.8 Å². The van der Waals surface area contributed by atoms with Gasteiger partial charge >= 0.3 is 12.1 Å². The zero-order valence-corrected chi connectivity index (χ0v) is 82.3. The maximum atomic E-state index is 14.3. The number of halogens is 3. The number of rotatable bonds is 103. The maximum absolute atomic E-state index is 14.3. The fourth-order valence-corrected chi connectivity index (χ4v) is 21.7. The van der Waals surface area contributed by atoms with Crippen LogP contribution >= 0.6 is 0 Å². The summed E-state index contributed by atoms with van der Waals surface area (Å²) in [6.45, 7) is 6.37. The first-order valence-corrected chi connectivity index (χ1v) is 57.0. The predicted molar refractivity (Wildman–Crippen MR) is 526 cm³/mol. The van der Waals surface area contributed by atoms with Crippen LogP contribution in [0.3, 0.4) is 0 Å². The average molecular weight is 1680 g/mol. The summed E-state index contributed by atoms with van der Waals surface area (Å²) in [4.78, 5) is 12.9. The molecule has 5 heteroatoms. The van der Waals surface area contributed by atoms with Crippen molar-refractivity contribution in [3.05, 3.63) is 0 Å². The van der Waals surface area contributed by atoms with Crippen LogP contribution < -0.4 is 0 Å². The van der Waals surface area contributed by atoms with Gasteiger partial charge in [0, 0.05) is 0 Å². The standard InChI is InChI=1S/C114H221F3O2/c1-4-5-6-7-8-9-10-11-12-13-14-15-16-17-18-19-20-21-22-23-24-25-26-27-28-29-30-31-32-33-34-35-36-37-38-39-40-41-42-43-44-45-46-47-48-49-50-51-52-53-54-55-56-57-58-59-60-61-62-63-64-65-66-67-68-69-70-71-72-73-74-75-76-77-78-79-80-81-82-83-84-85-86-87-88-89-90-91-92-93-94-95-96-97-98-99-100-101-102-103-104-105-119-112(118)113(114(115,116)117)107-110-106-111(113)109(3)108(110)2/h108-111H,4-107H2,1-3H3. The summed E-state index contributed by atoms with van der Waals surface area (Å²) >= 11 is 0. The van der Waals surface area contributed by atoms with Crippen molar-refractivity contribution in [2.45, 2.75) is 688 Å². The highest BCUT2D eigenvalue weighted by molar-refractivity contribution is 5.79. The molecule has 0 aromatic carbocycles. The summed E-state index contributed by atoms with van der Waals surface area (Å²) < 4.78 is 48.1. The molecule has 119 heavy (non-hydrogen) atoms. The molecule has 0 amide bonds. The lowest BCUT2D eigenvalue weighted by atomic mass is 9.65. The first-order valence-electron chi connectivity index (χ1n) is 57.0. The van der Waals surface area contributed by atoms with E-state index in [1.807, 2.05) is 13.8 Å². The van der Waals surface area contributed by atoms with Gasteiger partial charge in [-0.3, -0.25) is 4.79 Å². The minimum atomic E-state index is -4.53. The van der Waals surface area contributed by atoms with Gasteiger partial charge in [0.1, 0.15) is 0 Å². The highest BCUT2D eigenvalue weighted by Gasteiger charge is 2.73. The Morgan fingerprint density at radius 3 is 0.454 bits per heavy atom. The molecule has 0 radical (unpaired) electrons. The lowest BCUT2D eigenvalue weighted by Gasteiger charge is -2.41. The Bertz CT molecular complexity index is 1920. The van der Waals surface area contributed by atoms with E-state index in [1.54, 1.807) is 0 Å². The molecule has 5 unspecified atom stereocenters. The van der Waals surface area contributed by atoms with Crippen molar-refractivity contribution in [3.8, 4) is 0 Å². The number of hydrogen-bond acceptors (Lipinski definition) is 2. The van der Waals surface area contributed by atoms with Crippen molar-refractivity contribution in [2.75, 3.05) is 6.61 Å². The number of esters is 1. The second-order valence-electron chi connectivity index (χ2n) is 41.5. The van der Waals surface area contributed by atoms with E-state index in [9.17, 15) is 18.0 Å². The molecule has 2 saturated carbocycles. The van der Waals surface area contributed by atoms with Crippen LogP contribution in [-0.2, 0) is 9.53 Å². The van der Waals surface area contributed by atoms with Crippen molar-refractivity contribution in [1.82, 2.24) is 0 Å². The minimum absolute atomic E-state index is 0.0142. The van der Waals surface area contributed by atoms with Crippen LogP contribution in [0, 0.1) is 29.1 Å². The van der Waals surface area contributed by atoms with Crippen LogP contribution in [0.25, 0.3) is 0 Å². The van der Waals surface area contributed by atoms with Crippen molar-refractivity contribution in [1.29, 1.82) is 0 Å². The summed E-state index contributed by atoms with van der Waals surface area (Å²) in [6.07, 6.45) is 142. The Labute approximate surface area is 748 Å². The first kappa shape index (κ1) is 114. The van der Waals surface area contributed by atoms with Gasteiger partial charge in [-0.1, -0.05) is 663 Å². The molecule has 5 atom stereocenters. The van der Waals surface area contributed by atoms with Gasteiger partial charge in [0.2, 0.25) is 0 Å². The second-order valence-corrected chi connectivity index (χ2v) is 41.5. The molecule has 2 rings (SSSR count). The van der Waals surface area contributed by atoms with E-state index in [1.165, 1.54) is 629 Å². The van der Waals surface area contributed by atoms with Gasteiger partial charge in [-0.2, -0.15) is 13.2 Å². The number of fused-ring (bicyclic) bond motifs is 2. The molecule has 2 nitrogen and oxygen atoms in total. The summed E-state index contributed by atoms with van der Waals surface area (Å²) in [5.41, 5.74) is -2.27. The molecule has 0 aromatic rings. The lowest BCUT2D eigenvalue weighted by Crippen LogP contribution is -2.52. The van der Waals surface area contributed by atoms with E-state index in [4.69, 9.17) is 4.74 Å². The van der Waals surface area contributed by atoms with Gasteiger partial charge in [0.05, 0.1) is 6.61 Å². The third kappa shape index (κ3) is 73.8. The maximum Gasteiger partial charge on any atom is 0.405 e. The van der Waals surface area contributed by atoms with Crippen LogP contribution in [0.1, 0.15) is 682 Å². The first-order chi connectivity index (χ1) is 58.8. The summed E-state index contributed by atoms with van der Waals surface area (Å²) in [7, 11) is 0. The normalized spacial score (nSPS) is 16.7. The monoisotopic (exact) mass is 1680 g/mol. The highest BCUT2D eigenvalue weighted by atomic mass is 19.4. The average Bonchev–Trinajstić information content (AvgIpc) is 1.56. The topological polar surface area (TPSA) is 26.3 Å². The third-order valence-corrected chi connectivity index (χ3v) is 30.3. The third-order valence-electron chi connectivity index (χ3n) is 30.3. The Kier molecular flexibility index (Phi) is 88.4. The minimum Gasteiger partial charge on any atom is -0.465 e. The number of carbonyl (C=O) groups is 1. The smallest absolute Gasteiger partial charge is 0.405 e.